The van der Waals surface area contributed by atoms with Gasteiger partial charge in [0.2, 0.25) is 0 Å². The van der Waals surface area contributed by atoms with E-state index in [1.54, 1.807) is 26.1 Å². The normalized spacial score (nSPS) is 10.9. The molecule has 0 fully saturated rings. The number of aromatic carboxylic acids is 1. The number of carbonyl (C=O) groups is 1. The molecule has 2 aromatic rings. The fourth-order valence-electron chi connectivity index (χ4n) is 2.27. The Morgan fingerprint density at radius 3 is 2.44 bits per heavy atom. The van der Waals surface area contributed by atoms with Crippen LogP contribution in [-0.4, -0.2) is 15.6 Å². The largest absolute Gasteiger partial charge is 0.477 e. The summed E-state index contributed by atoms with van der Waals surface area (Å²) in [6, 6.07) is 3.28. The van der Waals surface area contributed by atoms with Gasteiger partial charge in [0.1, 0.15) is 5.69 Å². The highest BCUT2D eigenvalue weighted by Crippen LogP contribution is 2.24. The fourth-order valence-corrected chi connectivity index (χ4v) is 2.42. The second-order valence-electron chi connectivity index (χ2n) is 4.24. The third-order valence-electron chi connectivity index (χ3n) is 3.18. The van der Waals surface area contributed by atoms with Gasteiger partial charge in [-0.25, -0.2) is 4.79 Å². The van der Waals surface area contributed by atoms with Gasteiger partial charge in [0.15, 0.2) is 5.43 Å². The summed E-state index contributed by atoms with van der Waals surface area (Å²) >= 11 is 6.02. The number of aryl methyl sites for hydroxylation is 2. The number of nitrogens with zero attached hydrogens (tertiary/aromatic N) is 1. The van der Waals surface area contributed by atoms with E-state index in [0.717, 1.165) is 0 Å². The van der Waals surface area contributed by atoms with Crippen LogP contribution in [0, 0.1) is 13.8 Å². The molecule has 18 heavy (non-hydrogen) atoms. The monoisotopic (exact) mass is 265 g/mol. The average molecular weight is 266 g/mol. The fraction of sp³-hybridized carbons (Fsp3) is 0.231. The molecule has 5 heteroatoms. The van der Waals surface area contributed by atoms with Crippen molar-refractivity contribution in [2.24, 2.45) is 7.05 Å². The van der Waals surface area contributed by atoms with Crippen LogP contribution in [-0.2, 0) is 7.05 Å². The van der Waals surface area contributed by atoms with E-state index in [0.29, 0.717) is 21.5 Å². The minimum Gasteiger partial charge on any atom is -0.477 e. The van der Waals surface area contributed by atoms with Gasteiger partial charge in [-0.15, -0.1) is 0 Å². The maximum atomic E-state index is 12.1. The van der Waals surface area contributed by atoms with Gasteiger partial charge in [-0.1, -0.05) is 11.6 Å². The first-order valence-corrected chi connectivity index (χ1v) is 5.75. The SMILES string of the molecule is Cc1c(C(=O)O)n(C)c2c(C)c(Cl)ccc2c1=O. The Balaban J connectivity index is 3.15. The van der Waals surface area contributed by atoms with Gasteiger partial charge in [0.05, 0.1) is 5.52 Å². The lowest BCUT2D eigenvalue weighted by Gasteiger charge is -2.14. The summed E-state index contributed by atoms with van der Waals surface area (Å²) in [7, 11) is 1.63. The zero-order valence-electron chi connectivity index (χ0n) is 10.2. The molecule has 0 spiro atoms. The molecule has 0 amide bonds. The predicted molar refractivity (Wildman–Crippen MR) is 70.6 cm³/mol. The van der Waals surface area contributed by atoms with Crippen LogP contribution < -0.4 is 5.43 Å². The van der Waals surface area contributed by atoms with Crippen LogP contribution in [0.25, 0.3) is 10.9 Å². The Hall–Kier alpha value is -1.81. The molecule has 1 aromatic carbocycles. The van der Waals surface area contributed by atoms with E-state index in [4.69, 9.17) is 11.6 Å². The minimum absolute atomic E-state index is 0.00198. The quantitative estimate of drug-likeness (QED) is 0.862. The van der Waals surface area contributed by atoms with E-state index in [-0.39, 0.29) is 16.7 Å². The van der Waals surface area contributed by atoms with Crippen molar-refractivity contribution in [2.75, 3.05) is 0 Å². The lowest BCUT2D eigenvalue weighted by atomic mass is 10.1. The lowest BCUT2D eigenvalue weighted by Crippen LogP contribution is -2.21. The average Bonchev–Trinajstić information content (AvgIpc) is 2.29. The third-order valence-corrected chi connectivity index (χ3v) is 3.59. The highest BCUT2D eigenvalue weighted by molar-refractivity contribution is 6.32. The molecule has 0 aliphatic heterocycles. The van der Waals surface area contributed by atoms with Gasteiger partial charge < -0.3 is 9.67 Å². The predicted octanol–water partition coefficient (Wildman–Crippen LogP) is 2.51. The number of fused-ring (bicyclic) bond motifs is 1. The molecule has 0 saturated heterocycles. The summed E-state index contributed by atoms with van der Waals surface area (Å²) in [5.74, 6) is -1.12. The molecule has 1 heterocycles. The number of hydrogen-bond acceptors (Lipinski definition) is 2. The van der Waals surface area contributed by atoms with Gasteiger partial charge in [0.25, 0.3) is 0 Å². The highest BCUT2D eigenvalue weighted by Gasteiger charge is 2.18. The summed E-state index contributed by atoms with van der Waals surface area (Å²) in [5.41, 5.74) is 1.24. The molecule has 1 N–H and O–H groups in total. The van der Waals surface area contributed by atoms with Gasteiger partial charge in [-0.3, -0.25) is 4.79 Å². The Kier molecular flexibility index (Phi) is 2.91. The zero-order valence-corrected chi connectivity index (χ0v) is 11.0. The van der Waals surface area contributed by atoms with Crippen molar-refractivity contribution in [2.45, 2.75) is 13.8 Å². The van der Waals surface area contributed by atoms with Crippen LogP contribution >= 0.6 is 11.6 Å². The van der Waals surface area contributed by atoms with Crippen LogP contribution in [0.2, 0.25) is 5.02 Å². The second-order valence-corrected chi connectivity index (χ2v) is 4.64. The first-order valence-electron chi connectivity index (χ1n) is 5.38. The van der Waals surface area contributed by atoms with E-state index >= 15 is 0 Å². The molecule has 2 rings (SSSR count). The number of benzene rings is 1. The number of hydrogen-bond donors (Lipinski definition) is 1. The van der Waals surface area contributed by atoms with Crippen LogP contribution in [0.4, 0.5) is 0 Å². The third kappa shape index (κ3) is 1.61. The molecule has 0 radical (unpaired) electrons. The first kappa shape index (κ1) is 12.6. The molecule has 0 atom stereocenters. The standard InChI is InChI=1S/C13H12ClNO3/c1-6-9(14)5-4-8-10(6)15(3)11(13(17)18)7(2)12(8)16/h4-5H,1-3H3,(H,17,18). The Morgan fingerprint density at radius 1 is 1.28 bits per heavy atom. The van der Waals surface area contributed by atoms with Gasteiger partial charge >= 0.3 is 5.97 Å². The summed E-state index contributed by atoms with van der Waals surface area (Å²) < 4.78 is 1.51. The number of halogens is 1. The van der Waals surface area contributed by atoms with Crippen LogP contribution in [0.3, 0.4) is 0 Å². The molecule has 0 bridgehead atoms. The number of rotatable bonds is 1. The van der Waals surface area contributed by atoms with Crippen molar-refractivity contribution in [1.29, 1.82) is 0 Å². The Morgan fingerprint density at radius 2 is 1.89 bits per heavy atom. The summed E-state index contributed by atoms with van der Waals surface area (Å²) in [5, 5.41) is 10.2. The maximum absolute atomic E-state index is 12.1. The Bertz CT molecular complexity index is 731. The molecule has 94 valence electrons. The van der Waals surface area contributed by atoms with Crippen molar-refractivity contribution >= 4 is 28.5 Å². The molecular formula is C13H12ClNO3. The molecule has 0 aliphatic rings. The van der Waals surface area contributed by atoms with E-state index in [9.17, 15) is 14.7 Å². The van der Waals surface area contributed by atoms with Gasteiger partial charge in [0, 0.05) is 23.0 Å². The van der Waals surface area contributed by atoms with Gasteiger partial charge in [-0.2, -0.15) is 0 Å². The van der Waals surface area contributed by atoms with E-state index in [1.807, 2.05) is 0 Å². The number of pyridine rings is 1. The molecule has 4 nitrogen and oxygen atoms in total. The second kappa shape index (κ2) is 4.14. The minimum atomic E-state index is -1.12. The topological polar surface area (TPSA) is 59.3 Å². The van der Waals surface area contributed by atoms with Crippen molar-refractivity contribution in [3.63, 3.8) is 0 Å². The van der Waals surface area contributed by atoms with Crippen LogP contribution in [0.5, 0.6) is 0 Å². The molecule has 0 unspecified atom stereocenters. The summed E-state index contributed by atoms with van der Waals surface area (Å²) in [6.45, 7) is 3.29. The van der Waals surface area contributed by atoms with E-state index in [1.165, 1.54) is 11.5 Å². The molecular weight excluding hydrogens is 254 g/mol. The van der Waals surface area contributed by atoms with Crippen molar-refractivity contribution in [1.82, 2.24) is 4.57 Å². The first-order chi connectivity index (χ1) is 8.36. The summed E-state index contributed by atoms with van der Waals surface area (Å²) in [6.07, 6.45) is 0. The number of carboxylic acid groups (broad SMARTS) is 1. The van der Waals surface area contributed by atoms with Crippen molar-refractivity contribution in [3.05, 3.63) is 44.2 Å². The maximum Gasteiger partial charge on any atom is 0.352 e. The van der Waals surface area contributed by atoms with Crippen molar-refractivity contribution < 1.29 is 9.90 Å². The molecule has 0 aliphatic carbocycles. The van der Waals surface area contributed by atoms with Gasteiger partial charge in [-0.05, 0) is 31.5 Å². The summed E-state index contributed by atoms with van der Waals surface area (Å²) in [4.78, 5) is 23.4. The Labute approximate surface area is 108 Å². The van der Waals surface area contributed by atoms with Crippen LogP contribution in [0.15, 0.2) is 16.9 Å². The van der Waals surface area contributed by atoms with Crippen LogP contribution in [0.1, 0.15) is 21.6 Å². The van der Waals surface area contributed by atoms with E-state index in [2.05, 4.69) is 0 Å². The highest BCUT2D eigenvalue weighted by atomic mass is 35.5. The number of aromatic nitrogens is 1. The lowest BCUT2D eigenvalue weighted by molar-refractivity contribution is 0.0685. The molecule has 0 saturated carbocycles. The number of carboxylic acids is 1. The zero-order chi connectivity index (χ0) is 13.6. The molecule has 1 aromatic heterocycles. The van der Waals surface area contributed by atoms with E-state index < -0.39 is 5.97 Å². The smallest absolute Gasteiger partial charge is 0.352 e. The van der Waals surface area contributed by atoms with Crippen molar-refractivity contribution in [3.8, 4) is 0 Å².